The number of nitrogens with zero attached hydrogens (tertiary/aromatic N) is 3. The van der Waals surface area contributed by atoms with Gasteiger partial charge in [-0.3, -0.25) is 19.3 Å². The summed E-state index contributed by atoms with van der Waals surface area (Å²) in [6.07, 6.45) is 3.80. The van der Waals surface area contributed by atoms with Crippen molar-refractivity contribution < 1.29 is 19.1 Å². The van der Waals surface area contributed by atoms with Gasteiger partial charge in [-0.2, -0.15) is 0 Å². The topological polar surface area (TPSA) is 70.2 Å². The Bertz CT molecular complexity index is 1180. The lowest BCUT2D eigenvalue weighted by Crippen LogP contribution is -2.48. The first-order valence-electron chi connectivity index (χ1n) is 13.4. The lowest BCUT2D eigenvalue weighted by Gasteiger charge is -2.39. The van der Waals surface area contributed by atoms with Crippen LogP contribution in [0.15, 0.2) is 48.5 Å². The number of benzene rings is 2. The van der Waals surface area contributed by atoms with E-state index in [0.29, 0.717) is 43.7 Å². The molecule has 2 saturated heterocycles. The maximum Gasteiger partial charge on any atom is 0.263 e. The van der Waals surface area contributed by atoms with Gasteiger partial charge in [-0.25, -0.2) is 0 Å². The van der Waals surface area contributed by atoms with Crippen LogP contribution in [0.5, 0.6) is 0 Å². The molecule has 0 aromatic heterocycles. The van der Waals surface area contributed by atoms with Gasteiger partial charge in [-0.15, -0.1) is 0 Å². The fourth-order valence-electron chi connectivity index (χ4n) is 6.06. The van der Waals surface area contributed by atoms with E-state index in [2.05, 4.69) is 17.0 Å². The average Bonchev–Trinajstić information content (AvgIpc) is 3.16. The van der Waals surface area contributed by atoms with Gasteiger partial charge in [0.15, 0.2) is 0 Å². The number of carbonyl (C=O) groups is 3. The van der Waals surface area contributed by atoms with E-state index in [0.717, 1.165) is 31.5 Å². The minimum absolute atomic E-state index is 0.134. The van der Waals surface area contributed by atoms with Crippen molar-refractivity contribution in [3.8, 4) is 0 Å². The molecule has 2 atom stereocenters. The highest BCUT2D eigenvalue weighted by Gasteiger charge is 2.45. The lowest BCUT2D eigenvalue weighted by atomic mass is 9.93. The van der Waals surface area contributed by atoms with E-state index in [1.165, 1.54) is 10.5 Å². The zero-order chi connectivity index (χ0) is 26.2. The van der Waals surface area contributed by atoms with E-state index in [1.54, 1.807) is 6.07 Å². The third-order valence-corrected chi connectivity index (χ3v) is 8.03. The summed E-state index contributed by atoms with van der Waals surface area (Å²) in [5, 5.41) is 0. The predicted molar refractivity (Wildman–Crippen MR) is 143 cm³/mol. The van der Waals surface area contributed by atoms with Gasteiger partial charge >= 0.3 is 0 Å². The van der Waals surface area contributed by atoms with Crippen molar-refractivity contribution in [3.05, 3.63) is 65.2 Å². The van der Waals surface area contributed by atoms with Crippen molar-refractivity contribution in [2.75, 3.05) is 38.2 Å². The Labute approximate surface area is 219 Å². The quantitative estimate of drug-likeness (QED) is 0.554. The SMILES string of the molecule is CN(CCc1ccccc1)C(=O)[C@@H]1CCCN(c2cccc3c2C(=O)N([C@@H]2CCOC(C)(C)C2)C3=O)C1. The minimum atomic E-state index is -0.367. The number of rotatable bonds is 6. The summed E-state index contributed by atoms with van der Waals surface area (Å²) < 4.78 is 5.82. The van der Waals surface area contributed by atoms with Crippen LogP contribution in [-0.4, -0.2) is 72.5 Å². The van der Waals surface area contributed by atoms with E-state index in [4.69, 9.17) is 4.74 Å². The van der Waals surface area contributed by atoms with Crippen molar-refractivity contribution in [1.29, 1.82) is 0 Å². The molecule has 3 heterocycles. The molecule has 3 amide bonds. The summed E-state index contributed by atoms with van der Waals surface area (Å²) >= 11 is 0. The molecule has 0 aliphatic carbocycles. The van der Waals surface area contributed by atoms with Gasteiger partial charge in [0.05, 0.1) is 28.3 Å². The summed E-state index contributed by atoms with van der Waals surface area (Å²) in [6, 6.07) is 15.6. The molecule has 5 rings (SSSR count). The third-order valence-electron chi connectivity index (χ3n) is 8.03. The first kappa shape index (κ1) is 25.5. The lowest BCUT2D eigenvalue weighted by molar-refractivity contribution is -0.134. The van der Waals surface area contributed by atoms with E-state index < -0.39 is 0 Å². The minimum Gasteiger partial charge on any atom is -0.375 e. The van der Waals surface area contributed by atoms with Crippen LogP contribution in [0.25, 0.3) is 0 Å². The van der Waals surface area contributed by atoms with Crippen LogP contribution >= 0.6 is 0 Å². The first-order valence-corrected chi connectivity index (χ1v) is 13.4. The zero-order valence-corrected chi connectivity index (χ0v) is 22.1. The van der Waals surface area contributed by atoms with Gasteiger partial charge in [-0.1, -0.05) is 36.4 Å². The molecule has 2 aromatic carbocycles. The fraction of sp³-hybridized carbons (Fsp3) is 0.500. The molecule has 0 saturated carbocycles. The zero-order valence-electron chi connectivity index (χ0n) is 22.1. The van der Waals surface area contributed by atoms with Crippen molar-refractivity contribution in [2.24, 2.45) is 5.92 Å². The third kappa shape index (κ3) is 5.14. The molecular formula is C30H37N3O4. The highest BCUT2D eigenvalue weighted by atomic mass is 16.5. The van der Waals surface area contributed by atoms with Crippen LogP contribution in [-0.2, 0) is 16.0 Å². The van der Waals surface area contributed by atoms with Crippen molar-refractivity contribution in [1.82, 2.24) is 9.80 Å². The Kier molecular flexibility index (Phi) is 7.08. The molecule has 0 unspecified atom stereocenters. The van der Waals surface area contributed by atoms with Crippen molar-refractivity contribution in [2.45, 2.75) is 57.6 Å². The Morgan fingerprint density at radius 3 is 2.59 bits per heavy atom. The maximum absolute atomic E-state index is 13.7. The number of imide groups is 1. The molecule has 3 aliphatic rings. The van der Waals surface area contributed by atoms with Gasteiger partial charge < -0.3 is 14.5 Å². The number of fused-ring (bicyclic) bond motifs is 1. The number of hydrogen-bond donors (Lipinski definition) is 0. The molecule has 3 aliphatic heterocycles. The van der Waals surface area contributed by atoms with Crippen molar-refractivity contribution in [3.63, 3.8) is 0 Å². The summed E-state index contributed by atoms with van der Waals surface area (Å²) in [4.78, 5) is 45.8. The smallest absolute Gasteiger partial charge is 0.263 e. The van der Waals surface area contributed by atoms with Crippen LogP contribution in [0, 0.1) is 5.92 Å². The van der Waals surface area contributed by atoms with Gasteiger partial charge in [0, 0.05) is 39.3 Å². The molecule has 2 aromatic rings. The molecule has 196 valence electrons. The van der Waals surface area contributed by atoms with E-state index in [-0.39, 0.29) is 35.3 Å². The summed E-state index contributed by atoms with van der Waals surface area (Å²) in [5.74, 6) is -0.423. The number of hydrogen-bond acceptors (Lipinski definition) is 5. The largest absolute Gasteiger partial charge is 0.375 e. The number of carbonyl (C=O) groups excluding carboxylic acids is 3. The second-order valence-corrected chi connectivity index (χ2v) is 11.2. The van der Waals surface area contributed by atoms with Crippen LogP contribution in [0.3, 0.4) is 0 Å². The Morgan fingerprint density at radius 1 is 1.05 bits per heavy atom. The molecular weight excluding hydrogens is 466 g/mol. The predicted octanol–water partition coefficient (Wildman–Crippen LogP) is 4.16. The summed E-state index contributed by atoms with van der Waals surface area (Å²) in [6.45, 7) is 6.53. The second kappa shape index (κ2) is 10.3. The van der Waals surface area contributed by atoms with E-state index >= 15 is 0 Å². The molecule has 2 fully saturated rings. The molecule has 7 nitrogen and oxygen atoms in total. The van der Waals surface area contributed by atoms with Gasteiger partial charge in [0.25, 0.3) is 11.8 Å². The van der Waals surface area contributed by atoms with E-state index in [9.17, 15) is 14.4 Å². The molecule has 0 spiro atoms. The maximum atomic E-state index is 13.7. The average molecular weight is 504 g/mol. The van der Waals surface area contributed by atoms with Crippen LogP contribution in [0.1, 0.15) is 65.8 Å². The molecule has 0 radical (unpaired) electrons. The van der Waals surface area contributed by atoms with Gasteiger partial charge in [0.1, 0.15) is 0 Å². The van der Waals surface area contributed by atoms with Gasteiger partial charge in [-0.05, 0) is 63.6 Å². The number of ether oxygens (including phenoxy) is 1. The standard InChI is InChI=1S/C30H37N3O4/c1-30(2)19-23(15-18-37-30)33-28(35)24-12-7-13-25(26(24)29(33)36)32-16-8-11-22(20-32)27(34)31(3)17-14-21-9-5-4-6-10-21/h4-7,9-10,12-13,22-23H,8,11,14-20H2,1-3H3/t22-,23-/m1/s1. The molecule has 0 bridgehead atoms. The number of amides is 3. The normalized spacial score (nSPS) is 23.2. The van der Waals surface area contributed by atoms with Crippen LogP contribution in [0.4, 0.5) is 5.69 Å². The second-order valence-electron chi connectivity index (χ2n) is 11.2. The molecule has 37 heavy (non-hydrogen) atoms. The summed E-state index contributed by atoms with van der Waals surface area (Å²) in [5.41, 5.74) is 2.58. The summed E-state index contributed by atoms with van der Waals surface area (Å²) in [7, 11) is 1.87. The van der Waals surface area contributed by atoms with Crippen LogP contribution in [0.2, 0.25) is 0 Å². The van der Waals surface area contributed by atoms with Crippen LogP contribution < -0.4 is 4.90 Å². The van der Waals surface area contributed by atoms with E-state index in [1.807, 2.05) is 56.1 Å². The monoisotopic (exact) mass is 503 g/mol. The molecule has 0 N–H and O–H groups in total. The highest BCUT2D eigenvalue weighted by molar-refractivity contribution is 6.24. The highest BCUT2D eigenvalue weighted by Crippen LogP contribution is 2.38. The number of anilines is 1. The Morgan fingerprint density at radius 2 is 1.84 bits per heavy atom. The molecule has 7 heteroatoms. The number of likely N-dealkylation sites (N-methyl/N-ethyl adjacent to an activating group) is 1. The Hall–Kier alpha value is -3.19. The Balaban J connectivity index is 1.30. The first-order chi connectivity index (χ1) is 17.7. The van der Waals surface area contributed by atoms with Crippen molar-refractivity contribution >= 4 is 23.4 Å². The fourth-order valence-corrected chi connectivity index (χ4v) is 6.06. The van der Waals surface area contributed by atoms with Gasteiger partial charge in [0.2, 0.25) is 5.91 Å². The number of piperidine rings is 1.